The van der Waals surface area contributed by atoms with Crippen LogP contribution in [-0.4, -0.2) is 22.5 Å². The second-order valence-electron chi connectivity index (χ2n) is 8.84. The number of alkyl halides is 9. The lowest BCUT2D eigenvalue weighted by Crippen LogP contribution is -2.39. The van der Waals surface area contributed by atoms with E-state index >= 15 is 0 Å². The number of carboxylic acid groups (broad SMARTS) is 1. The van der Waals surface area contributed by atoms with Crippen molar-refractivity contribution >= 4 is 5.97 Å². The number of carboxylic acids is 1. The molecule has 0 amide bonds. The molecule has 198 valence electrons. The minimum absolute atomic E-state index is 0.0400. The third-order valence-electron chi connectivity index (χ3n) is 6.47. The lowest BCUT2D eigenvalue weighted by molar-refractivity contribution is -0.142. The maximum atomic E-state index is 13.7. The maximum absolute atomic E-state index is 13.7. The van der Waals surface area contributed by atoms with Gasteiger partial charge in [-0.1, -0.05) is 12.1 Å². The van der Waals surface area contributed by atoms with Crippen LogP contribution in [0.4, 0.5) is 39.5 Å². The summed E-state index contributed by atoms with van der Waals surface area (Å²) in [5.41, 5.74) is -3.77. The summed E-state index contributed by atoms with van der Waals surface area (Å²) >= 11 is 0. The molecule has 3 nitrogen and oxygen atoms in total. The molecule has 0 aromatic heterocycles. The molecule has 1 aliphatic rings. The second kappa shape index (κ2) is 9.95. The number of nitrogens with zero attached hydrogens (tertiary/aromatic N) is 1. The van der Waals surface area contributed by atoms with Crippen molar-refractivity contribution in [2.75, 3.05) is 6.54 Å². The van der Waals surface area contributed by atoms with Crippen molar-refractivity contribution in [3.63, 3.8) is 0 Å². The Bertz CT molecular complexity index is 1070. The summed E-state index contributed by atoms with van der Waals surface area (Å²) in [6, 6.07) is 3.10. The highest BCUT2D eigenvalue weighted by molar-refractivity contribution is 5.67. The first-order valence-electron chi connectivity index (χ1n) is 10.9. The van der Waals surface area contributed by atoms with E-state index in [9.17, 15) is 44.3 Å². The molecule has 0 spiro atoms. The third kappa shape index (κ3) is 6.32. The van der Waals surface area contributed by atoms with Crippen molar-refractivity contribution in [2.24, 2.45) is 5.92 Å². The fraction of sp³-hybridized carbons (Fsp3) is 0.458. The molecule has 1 N–H and O–H groups in total. The van der Waals surface area contributed by atoms with Crippen LogP contribution in [0.2, 0.25) is 0 Å². The number of piperidine rings is 1. The van der Waals surface area contributed by atoms with E-state index in [0.717, 1.165) is 24.3 Å². The van der Waals surface area contributed by atoms with Crippen LogP contribution in [0, 0.1) is 5.92 Å². The minimum atomic E-state index is -4.95. The quantitative estimate of drug-likeness (QED) is 0.405. The Kier molecular flexibility index (Phi) is 7.69. The van der Waals surface area contributed by atoms with E-state index in [1.807, 2.05) is 0 Å². The molecule has 0 aliphatic carbocycles. The Morgan fingerprint density at radius 1 is 0.917 bits per heavy atom. The molecular formula is C24H22F9NO2. The highest BCUT2D eigenvalue weighted by Crippen LogP contribution is 2.45. The molecular weight excluding hydrogens is 505 g/mol. The fourth-order valence-corrected chi connectivity index (χ4v) is 4.70. The average Bonchev–Trinajstić information content (AvgIpc) is 2.76. The Hall–Kier alpha value is -2.76. The van der Waals surface area contributed by atoms with Crippen molar-refractivity contribution in [1.82, 2.24) is 4.90 Å². The maximum Gasteiger partial charge on any atom is 0.416 e. The van der Waals surface area contributed by atoms with E-state index in [4.69, 9.17) is 5.11 Å². The molecule has 0 radical (unpaired) electrons. The summed E-state index contributed by atoms with van der Waals surface area (Å²) in [4.78, 5) is 12.7. The van der Waals surface area contributed by atoms with Crippen LogP contribution in [0.1, 0.15) is 66.1 Å². The molecule has 1 aliphatic heterocycles. The monoisotopic (exact) mass is 527 g/mol. The highest BCUT2D eigenvalue weighted by atomic mass is 19.4. The predicted molar refractivity (Wildman–Crippen MR) is 111 cm³/mol. The molecule has 1 heterocycles. The number of halogens is 9. The Morgan fingerprint density at radius 2 is 1.47 bits per heavy atom. The molecule has 3 atom stereocenters. The van der Waals surface area contributed by atoms with E-state index in [0.29, 0.717) is 23.8 Å². The summed E-state index contributed by atoms with van der Waals surface area (Å²) < 4.78 is 120. The van der Waals surface area contributed by atoms with E-state index < -0.39 is 64.8 Å². The Balaban J connectivity index is 2.06. The van der Waals surface area contributed by atoms with Gasteiger partial charge in [-0.05, 0) is 73.7 Å². The lowest BCUT2D eigenvalue weighted by Gasteiger charge is -2.43. The summed E-state index contributed by atoms with van der Waals surface area (Å²) in [6.07, 6.45) is -14.4. The van der Waals surface area contributed by atoms with Gasteiger partial charge in [-0.15, -0.1) is 0 Å². The van der Waals surface area contributed by atoms with Gasteiger partial charge in [-0.3, -0.25) is 9.69 Å². The molecule has 12 heteroatoms. The molecule has 3 rings (SSSR count). The van der Waals surface area contributed by atoms with Gasteiger partial charge in [0, 0.05) is 18.5 Å². The predicted octanol–water partition coefficient (Wildman–Crippen LogP) is 7.73. The van der Waals surface area contributed by atoms with Gasteiger partial charge in [0.1, 0.15) is 0 Å². The zero-order valence-corrected chi connectivity index (χ0v) is 18.8. The van der Waals surface area contributed by atoms with E-state index in [2.05, 4.69) is 0 Å². The highest BCUT2D eigenvalue weighted by Gasteiger charge is 2.41. The van der Waals surface area contributed by atoms with Gasteiger partial charge < -0.3 is 5.11 Å². The number of hydrogen-bond donors (Lipinski definition) is 1. The van der Waals surface area contributed by atoms with Gasteiger partial charge in [0.15, 0.2) is 0 Å². The summed E-state index contributed by atoms with van der Waals surface area (Å²) in [7, 11) is 0. The van der Waals surface area contributed by atoms with Crippen molar-refractivity contribution in [1.29, 1.82) is 0 Å². The summed E-state index contributed by atoms with van der Waals surface area (Å²) in [5, 5.41) is 9.16. The first-order chi connectivity index (χ1) is 16.5. The Morgan fingerprint density at radius 3 is 1.97 bits per heavy atom. The van der Waals surface area contributed by atoms with Gasteiger partial charge in [0.2, 0.25) is 0 Å². The number of likely N-dealkylation sites (tertiary alicyclic amines) is 1. The fourth-order valence-electron chi connectivity index (χ4n) is 4.70. The largest absolute Gasteiger partial charge is 0.481 e. The van der Waals surface area contributed by atoms with E-state index in [1.165, 1.54) is 11.8 Å². The molecule has 1 fully saturated rings. The molecule has 1 saturated heterocycles. The topological polar surface area (TPSA) is 40.5 Å². The molecule has 0 saturated carbocycles. The molecule has 2 aromatic carbocycles. The van der Waals surface area contributed by atoms with Gasteiger partial charge in [-0.2, -0.15) is 39.5 Å². The Labute approximate surface area is 200 Å². The zero-order chi connectivity index (χ0) is 27.1. The van der Waals surface area contributed by atoms with Crippen LogP contribution in [0.5, 0.6) is 0 Å². The zero-order valence-electron chi connectivity index (χ0n) is 18.8. The number of aliphatic carboxylic acids is 1. The van der Waals surface area contributed by atoms with Gasteiger partial charge in [0.25, 0.3) is 0 Å². The first-order valence-corrected chi connectivity index (χ1v) is 10.9. The van der Waals surface area contributed by atoms with Crippen molar-refractivity contribution in [3.05, 3.63) is 70.3 Å². The normalized spacial score (nSPS) is 20.8. The van der Waals surface area contributed by atoms with E-state index in [-0.39, 0.29) is 25.8 Å². The van der Waals surface area contributed by atoms with Crippen molar-refractivity contribution in [2.45, 2.75) is 56.8 Å². The van der Waals surface area contributed by atoms with Crippen LogP contribution in [0.25, 0.3) is 0 Å². The van der Waals surface area contributed by atoms with Gasteiger partial charge >= 0.3 is 24.5 Å². The van der Waals surface area contributed by atoms with Gasteiger partial charge in [0.05, 0.1) is 16.7 Å². The second-order valence-corrected chi connectivity index (χ2v) is 8.84. The number of hydrogen-bond acceptors (Lipinski definition) is 2. The standard InChI is InChI=1S/C24H22F9NO2/c1-13(18-12-17(23(28,29)30)6-7-19(18)24(31,32)33)34-9-8-14(11-21(35)36)10-20(34)15-2-4-16(5-3-15)22(25,26)27/h2-7,12-14,20H,8-11H2,1H3,(H,35,36). The number of carbonyl (C=O) groups is 1. The van der Waals surface area contributed by atoms with E-state index in [1.54, 1.807) is 0 Å². The minimum Gasteiger partial charge on any atom is -0.481 e. The molecule has 2 aromatic rings. The van der Waals surface area contributed by atoms with Crippen LogP contribution in [0.15, 0.2) is 42.5 Å². The third-order valence-corrected chi connectivity index (χ3v) is 6.47. The molecule has 0 bridgehead atoms. The van der Waals surface area contributed by atoms with Crippen molar-refractivity contribution < 1.29 is 49.4 Å². The SMILES string of the molecule is CC(c1cc(C(F)(F)F)ccc1C(F)(F)F)N1CCC(CC(=O)O)CC1c1ccc(C(F)(F)F)cc1. The van der Waals surface area contributed by atoms with Crippen LogP contribution in [0.3, 0.4) is 0 Å². The van der Waals surface area contributed by atoms with Gasteiger partial charge in [-0.25, -0.2) is 0 Å². The number of benzene rings is 2. The smallest absolute Gasteiger partial charge is 0.416 e. The first kappa shape index (κ1) is 27.8. The van der Waals surface area contributed by atoms with Crippen LogP contribution < -0.4 is 0 Å². The van der Waals surface area contributed by atoms with Crippen LogP contribution >= 0.6 is 0 Å². The molecule has 36 heavy (non-hydrogen) atoms. The van der Waals surface area contributed by atoms with Crippen LogP contribution in [-0.2, 0) is 23.3 Å². The average molecular weight is 527 g/mol. The summed E-state index contributed by atoms with van der Waals surface area (Å²) in [6.45, 7) is 1.34. The molecule has 3 unspecified atom stereocenters. The van der Waals surface area contributed by atoms with Crippen molar-refractivity contribution in [3.8, 4) is 0 Å². The summed E-state index contributed by atoms with van der Waals surface area (Å²) in [5.74, 6) is -1.52. The lowest BCUT2D eigenvalue weighted by atomic mass is 9.83. The number of rotatable bonds is 5.